The molecule has 41 heavy (non-hydrogen) atoms. The van der Waals surface area contributed by atoms with Gasteiger partial charge in [0, 0.05) is 16.9 Å². The molecule has 0 aliphatic carbocycles. The molecule has 3 aliphatic rings. The van der Waals surface area contributed by atoms with Gasteiger partial charge in [-0.05, 0) is 37.7 Å². The first-order valence-electron chi connectivity index (χ1n) is 14.2. The van der Waals surface area contributed by atoms with Crippen LogP contribution in [0.15, 0.2) is 55.6 Å². The molecular weight excluding hydrogens is 588 g/mol. The average Bonchev–Trinajstić information content (AvgIpc) is 3.49. The SMILES string of the molecule is C=CCOC(=O)[C@H]1[C@H]2C(=O)N([C@H](CO)c3ccccc3)C(C(=O)N(CC=C)C(C)(C)CC(C)(C)C)C23CC(Br)[C@@H]1O3. The fourth-order valence-electron chi connectivity index (χ4n) is 7.52. The Hall–Kier alpha value is -2.49. The maximum absolute atomic E-state index is 14.9. The Kier molecular flexibility index (Phi) is 8.94. The summed E-state index contributed by atoms with van der Waals surface area (Å²) < 4.78 is 12.1. The quantitative estimate of drug-likeness (QED) is 0.221. The number of carbonyl (C=O) groups excluding carboxylic acids is 3. The van der Waals surface area contributed by atoms with E-state index < -0.39 is 53.7 Å². The first-order valence-corrected chi connectivity index (χ1v) is 15.2. The molecule has 1 aromatic rings. The summed E-state index contributed by atoms with van der Waals surface area (Å²) in [4.78, 5) is 45.8. The van der Waals surface area contributed by atoms with E-state index in [1.807, 2.05) is 44.2 Å². The third-order valence-corrected chi connectivity index (χ3v) is 9.39. The second-order valence-electron chi connectivity index (χ2n) is 13.2. The fraction of sp³-hybridized carbons (Fsp3) is 0.594. The largest absolute Gasteiger partial charge is 0.461 e. The van der Waals surface area contributed by atoms with Crippen LogP contribution in [-0.2, 0) is 23.9 Å². The number of hydrogen-bond donors (Lipinski definition) is 1. The topological polar surface area (TPSA) is 96.4 Å². The van der Waals surface area contributed by atoms with Crippen LogP contribution in [0, 0.1) is 17.3 Å². The molecule has 3 fully saturated rings. The van der Waals surface area contributed by atoms with Gasteiger partial charge >= 0.3 is 5.97 Å². The van der Waals surface area contributed by atoms with Crippen LogP contribution in [0.2, 0.25) is 0 Å². The lowest BCUT2D eigenvalue weighted by Crippen LogP contribution is -2.61. The van der Waals surface area contributed by atoms with E-state index in [-0.39, 0.29) is 35.2 Å². The lowest BCUT2D eigenvalue weighted by molar-refractivity contribution is -0.157. The fourth-order valence-corrected chi connectivity index (χ4v) is 8.47. The normalized spacial score (nSPS) is 29.7. The molecule has 2 amide bonds. The van der Waals surface area contributed by atoms with Crippen LogP contribution in [0.1, 0.15) is 59.1 Å². The number of esters is 1. The van der Waals surface area contributed by atoms with Crippen molar-refractivity contribution in [2.24, 2.45) is 17.3 Å². The van der Waals surface area contributed by atoms with Gasteiger partial charge in [-0.15, -0.1) is 6.58 Å². The van der Waals surface area contributed by atoms with E-state index in [1.165, 1.54) is 11.0 Å². The zero-order valence-electron chi connectivity index (χ0n) is 24.7. The van der Waals surface area contributed by atoms with Gasteiger partial charge in [0.15, 0.2) is 0 Å². The van der Waals surface area contributed by atoms with Gasteiger partial charge in [-0.25, -0.2) is 0 Å². The van der Waals surface area contributed by atoms with Gasteiger partial charge in [-0.2, -0.15) is 0 Å². The highest BCUT2D eigenvalue weighted by atomic mass is 79.9. The molecule has 0 saturated carbocycles. The molecule has 1 spiro atoms. The minimum absolute atomic E-state index is 0.00632. The van der Waals surface area contributed by atoms with E-state index in [1.54, 1.807) is 11.0 Å². The van der Waals surface area contributed by atoms with E-state index in [0.717, 1.165) is 0 Å². The number of carbonyl (C=O) groups is 3. The summed E-state index contributed by atoms with van der Waals surface area (Å²) >= 11 is 3.69. The molecule has 0 radical (unpaired) electrons. The molecule has 2 bridgehead atoms. The number of benzene rings is 1. The van der Waals surface area contributed by atoms with Crippen LogP contribution in [0.25, 0.3) is 0 Å². The number of ether oxygens (including phenoxy) is 2. The van der Waals surface area contributed by atoms with Crippen molar-refractivity contribution < 1.29 is 29.0 Å². The van der Waals surface area contributed by atoms with E-state index in [2.05, 4.69) is 49.9 Å². The van der Waals surface area contributed by atoms with E-state index in [9.17, 15) is 19.5 Å². The Morgan fingerprint density at radius 2 is 1.88 bits per heavy atom. The maximum Gasteiger partial charge on any atom is 0.312 e. The predicted molar refractivity (Wildman–Crippen MR) is 160 cm³/mol. The van der Waals surface area contributed by atoms with Crippen molar-refractivity contribution in [1.82, 2.24) is 9.80 Å². The molecule has 1 aromatic carbocycles. The highest BCUT2D eigenvalue weighted by Crippen LogP contribution is 2.61. The number of fused-ring (bicyclic) bond motifs is 1. The summed E-state index contributed by atoms with van der Waals surface area (Å²) in [6.07, 6.45) is 3.60. The van der Waals surface area contributed by atoms with Crippen LogP contribution in [0.5, 0.6) is 0 Å². The number of nitrogens with zero attached hydrogens (tertiary/aromatic N) is 2. The third kappa shape index (κ3) is 5.53. The summed E-state index contributed by atoms with van der Waals surface area (Å²) in [7, 11) is 0. The maximum atomic E-state index is 14.9. The first-order chi connectivity index (χ1) is 19.2. The molecule has 3 aliphatic heterocycles. The molecule has 7 atom stereocenters. The number of aliphatic hydroxyl groups is 1. The van der Waals surface area contributed by atoms with Crippen molar-refractivity contribution >= 4 is 33.7 Å². The molecular formula is C32H43BrN2O6. The molecule has 0 aromatic heterocycles. The Bertz CT molecular complexity index is 1180. The van der Waals surface area contributed by atoms with E-state index in [0.29, 0.717) is 18.4 Å². The molecule has 9 heteroatoms. The van der Waals surface area contributed by atoms with Crippen molar-refractivity contribution in [2.75, 3.05) is 19.8 Å². The van der Waals surface area contributed by atoms with Crippen LogP contribution in [-0.4, -0.2) is 80.6 Å². The van der Waals surface area contributed by atoms with Crippen LogP contribution in [0.3, 0.4) is 0 Å². The Balaban J connectivity index is 1.88. The Morgan fingerprint density at radius 1 is 1.22 bits per heavy atom. The van der Waals surface area contributed by atoms with Crippen molar-refractivity contribution in [2.45, 2.75) is 81.6 Å². The first kappa shape index (κ1) is 31.4. The molecule has 8 nitrogen and oxygen atoms in total. The van der Waals surface area contributed by atoms with Gasteiger partial charge in [0.25, 0.3) is 0 Å². The van der Waals surface area contributed by atoms with Gasteiger partial charge in [0.2, 0.25) is 11.8 Å². The standard InChI is InChI=1S/C32H43BrN2O6/c1-8-15-34(31(6,7)19-30(3,4)5)28(38)26-32-17-21(33)25(41-32)23(29(39)40-16-9-2)24(32)27(37)35(26)22(18-36)20-13-11-10-12-14-20/h8-14,21-26,36H,1-2,15-19H2,3-7H3/t21?,22-,23+,24+,25+,26?,32?/m1/s1. The highest BCUT2D eigenvalue weighted by molar-refractivity contribution is 9.09. The Morgan fingerprint density at radius 3 is 2.44 bits per heavy atom. The second kappa shape index (κ2) is 11.7. The van der Waals surface area contributed by atoms with Crippen molar-refractivity contribution in [3.8, 4) is 0 Å². The van der Waals surface area contributed by atoms with Gasteiger partial charge in [-0.3, -0.25) is 14.4 Å². The van der Waals surface area contributed by atoms with Gasteiger partial charge in [-0.1, -0.05) is 85.8 Å². The number of rotatable bonds is 11. The second-order valence-corrected chi connectivity index (χ2v) is 14.4. The molecule has 3 saturated heterocycles. The molecule has 3 unspecified atom stereocenters. The van der Waals surface area contributed by atoms with E-state index in [4.69, 9.17) is 9.47 Å². The summed E-state index contributed by atoms with van der Waals surface area (Å²) in [6.45, 7) is 17.8. The van der Waals surface area contributed by atoms with Crippen molar-refractivity contribution in [1.29, 1.82) is 0 Å². The summed E-state index contributed by atoms with van der Waals surface area (Å²) in [5.74, 6) is -3.05. The molecule has 224 valence electrons. The number of halogens is 1. The van der Waals surface area contributed by atoms with Crippen LogP contribution in [0.4, 0.5) is 0 Å². The minimum atomic E-state index is -1.27. The molecule has 1 N–H and O–H groups in total. The number of likely N-dealkylation sites (tertiary alicyclic amines) is 1. The number of hydrogen-bond acceptors (Lipinski definition) is 6. The summed E-state index contributed by atoms with van der Waals surface area (Å²) in [5.41, 5.74) is -1.26. The van der Waals surface area contributed by atoms with Gasteiger partial charge in [0.05, 0.1) is 30.6 Å². The number of aliphatic hydroxyl groups excluding tert-OH is 1. The predicted octanol–water partition coefficient (Wildman–Crippen LogP) is 4.43. The number of alkyl halides is 1. The van der Waals surface area contributed by atoms with Crippen molar-refractivity contribution in [3.63, 3.8) is 0 Å². The van der Waals surface area contributed by atoms with Crippen LogP contribution < -0.4 is 0 Å². The minimum Gasteiger partial charge on any atom is -0.461 e. The van der Waals surface area contributed by atoms with Crippen LogP contribution >= 0.6 is 15.9 Å². The molecule has 3 heterocycles. The highest BCUT2D eigenvalue weighted by Gasteiger charge is 2.78. The summed E-state index contributed by atoms with van der Waals surface area (Å²) in [6, 6.07) is 7.29. The zero-order valence-corrected chi connectivity index (χ0v) is 26.3. The van der Waals surface area contributed by atoms with Gasteiger partial charge in [0.1, 0.15) is 18.2 Å². The monoisotopic (exact) mass is 630 g/mol. The van der Waals surface area contributed by atoms with Gasteiger partial charge < -0.3 is 24.4 Å². The van der Waals surface area contributed by atoms with Crippen molar-refractivity contribution in [3.05, 3.63) is 61.2 Å². The zero-order chi connectivity index (χ0) is 30.3. The van der Waals surface area contributed by atoms with E-state index >= 15 is 0 Å². The molecule has 4 rings (SSSR count). The lowest BCUT2D eigenvalue weighted by Gasteiger charge is -2.46. The summed E-state index contributed by atoms with van der Waals surface area (Å²) in [5, 5.41) is 10.7. The smallest absolute Gasteiger partial charge is 0.312 e. The average molecular weight is 632 g/mol. The third-order valence-electron chi connectivity index (χ3n) is 8.54. The Labute approximate surface area is 251 Å². The number of amides is 2. The lowest BCUT2D eigenvalue weighted by atomic mass is 9.70.